The molecule has 0 aliphatic rings. The quantitative estimate of drug-likeness (QED) is 0.690. The van der Waals surface area contributed by atoms with E-state index in [-0.39, 0.29) is 30.7 Å². The first kappa shape index (κ1) is 17.6. The molecule has 5 heteroatoms. The molecule has 3 aromatic rings. The molecule has 0 radical (unpaired) electrons. The van der Waals surface area contributed by atoms with E-state index in [9.17, 15) is 9.59 Å². The lowest BCUT2D eigenvalue weighted by atomic mass is 10.0. The van der Waals surface area contributed by atoms with Crippen LogP contribution >= 0.6 is 0 Å². The number of hydrogen-bond donors (Lipinski definition) is 2. The van der Waals surface area contributed by atoms with Gasteiger partial charge >= 0.3 is 0 Å². The van der Waals surface area contributed by atoms with Crippen molar-refractivity contribution in [1.29, 1.82) is 0 Å². The lowest BCUT2D eigenvalue weighted by molar-refractivity contribution is -0.127. The number of ether oxygens (including phenoxy) is 1. The fourth-order valence-corrected chi connectivity index (χ4v) is 2.64. The third-order valence-electron chi connectivity index (χ3n) is 3.89. The van der Waals surface area contributed by atoms with Gasteiger partial charge in [0.25, 0.3) is 0 Å². The summed E-state index contributed by atoms with van der Waals surface area (Å²) in [7, 11) is 0. The first-order valence-corrected chi connectivity index (χ1v) is 8.39. The zero-order valence-corrected chi connectivity index (χ0v) is 14.2. The highest BCUT2D eigenvalue weighted by atomic mass is 16.5. The third kappa shape index (κ3) is 4.91. The Bertz CT molecular complexity index is 852. The predicted octanol–water partition coefficient (Wildman–Crippen LogP) is 2.80. The first-order chi connectivity index (χ1) is 12.7. The van der Waals surface area contributed by atoms with E-state index in [1.807, 2.05) is 60.7 Å². The van der Waals surface area contributed by atoms with Gasteiger partial charge in [0.1, 0.15) is 12.7 Å². The van der Waals surface area contributed by atoms with Crippen molar-refractivity contribution in [3.8, 4) is 0 Å². The van der Waals surface area contributed by atoms with Crippen molar-refractivity contribution in [2.24, 2.45) is 0 Å². The lowest BCUT2D eigenvalue weighted by Crippen LogP contribution is -2.29. The van der Waals surface area contributed by atoms with Crippen LogP contribution in [-0.2, 0) is 16.1 Å². The van der Waals surface area contributed by atoms with Crippen molar-refractivity contribution in [1.82, 2.24) is 10.3 Å². The third-order valence-corrected chi connectivity index (χ3v) is 3.89. The molecule has 0 aliphatic carbocycles. The van der Waals surface area contributed by atoms with Gasteiger partial charge in [-0.05, 0) is 17.2 Å². The Balaban J connectivity index is 1.62. The van der Waals surface area contributed by atoms with Crippen molar-refractivity contribution >= 4 is 5.91 Å². The van der Waals surface area contributed by atoms with Gasteiger partial charge in [-0.15, -0.1) is 0 Å². The number of benzene rings is 2. The molecular weight excluding hydrogens is 328 g/mol. The van der Waals surface area contributed by atoms with Gasteiger partial charge in [0, 0.05) is 11.8 Å². The van der Waals surface area contributed by atoms with E-state index in [0.29, 0.717) is 5.69 Å². The van der Waals surface area contributed by atoms with Crippen molar-refractivity contribution in [3.05, 3.63) is 106 Å². The van der Waals surface area contributed by atoms with Crippen LogP contribution in [0.3, 0.4) is 0 Å². The van der Waals surface area contributed by atoms with E-state index >= 15 is 0 Å². The van der Waals surface area contributed by atoms with Crippen molar-refractivity contribution in [2.45, 2.75) is 12.6 Å². The Kier molecular flexibility index (Phi) is 5.96. The second-order valence-corrected chi connectivity index (χ2v) is 5.83. The molecule has 0 unspecified atom stereocenters. The van der Waals surface area contributed by atoms with Crippen LogP contribution in [-0.4, -0.2) is 17.5 Å². The van der Waals surface area contributed by atoms with Crippen molar-refractivity contribution in [2.75, 3.05) is 6.61 Å². The van der Waals surface area contributed by atoms with Crippen LogP contribution in [0.1, 0.15) is 22.9 Å². The van der Waals surface area contributed by atoms with Crippen LogP contribution in [0.5, 0.6) is 0 Å². The number of H-pyrrole nitrogens is 1. The number of hydrogen-bond acceptors (Lipinski definition) is 3. The van der Waals surface area contributed by atoms with Crippen molar-refractivity contribution < 1.29 is 9.53 Å². The maximum atomic E-state index is 12.1. The highest BCUT2D eigenvalue weighted by Gasteiger charge is 2.16. The summed E-state index contributed by atoms with van der Waals surface area (Å²) < 4.78 is 5.90. The standard InChI is InChI=1S/C21H20N2O3/c24-19-13-7-12-18(23-19)14-22-20(25)15-26-21(16-8-3-1-4-9-16)17-10-5-2-6-11-17/h1-13,21H,14-15H2,(H,22,25)(H,23,24). The molecule has 1 heterocycles. The molecular formula is C21H20N2O3. The predicted molar refractivity (Wildman–Crippen MR) is 99.6 cm³/mol. The molecule has 0 bridgehead atoms. The molecule has 0 fully saturated rings. The Morgan fingerprint density at radius 1 is 0.885 bits per heavy atom. The van der Waals surface area contributed by atoms with Gasteiger partial charge in [-0.2, -0.15) is 0 Å². The summed E-state index contributed by atoms with van der Waals surface area (Å²) in [6.45, 7) is 0.172. The monoisotopic (exact) mass is 348 g/mol. The second kappa shape index (κ2) is 8.78. The topological polar surface area (TPSA) is 71.2 Å². The van der Waals surface area contributed by atoms with Gasteiger partial charge in [-0.1, -0.05) is 66.7 Å². The maximum absolute atomic E-state index is 12.1. The number of amides is 1. The Hall–Kier alpha value is -3.18. The molecule has 3 rings (SSSR count). The second-order valence-electron chi connectivity index (χ2n) is 5.83. The van der Waals surface area contributed by atoms with Gasteiger partial charge < -0.3 is 15.0 Å². The molecule has 0 atom stereocenters. The molecule has 2 aromatic carbocycles. The number of nitrogens with one attached hydrogen (secondary N) is 2. The smallest absolute Gasteiger partial charge is 0.248 e. The Morgan fingerprint density at radius 2 is 1.50 bits per heavy atom. The average molecular weight is 348 g/mol. The molecule has 0 saturated carbocycles. The van der Waals surface area contributed by atoms with Gasteiger partial charge in [0.2, 0.25) is 11.5 Å². The molecule has 2 N–H and O–H groups in total. The summed E-state index contributed by atoms with van der Waals surface area (Å²) >= 11 is 0. The Morgan fingerprint density at radius 3 is 2.08 bits per heavy atom. The molecule has 0 aliphatic heterocycles. The number of pyridine rings is 1. The first-order valence-electron chi connectivity index (χ1n) is 8.39. The molecule has 1 aromatic heterocycles. The zero-order chi connectivity index (χ0) is 18.2. The molecule has 5 nitrogen and oxygen atoms in total. The summed E-state index contributed by atoms with van der Waals surface area (Å²) in [6.07, 6.45) is -0.320. The van der Waals surface area contributed by atoms with Crippen LogP contribution < -0.4 is 10.9 Å². The van der Waals surface area contributed by atoms with Crippen LogP contribution in [0.2, 0.25) is 0 Å². The fraction of sp³-hybridized carbons (Fsp3) is 0.143. The van der Waals surface area contributed by atoms with Gasteiger partial charge in [-0.3, -0.25) is 9.59 Å². The fourth-order valence-electron chi connectivity index (χ4n) is 2.64. The van der Waals surface area contributed by atoms with Gasteiger partial charge in [0.15, 0.2) is 0 Å². The minimum Gasteiger partial charge on any atom is -0.359 e. The Labute approximate surface area is 151 Å². The number of rotatable bonds is 7. The normalized spacial score (nSPS) is 10.7. The van der Waals surface area contributed by atoms with Gasteiger partial charge in [0.05, 0.1) is 6.54 Å². The molecule has 132 valence electrons. The van der Waals surface area contributed by atoms with Gasteiger partial charge in [-0.25, -0.2) is 0 Å². The highest BCUT2D eigenvalue weighted by molar-refractivity contribution is 5.77. The summed E-state index contributed by atoms with van der Waals surface area (Å²) in [5.74, 6) is -0.244. The number of aromatic amines is 1. The molecule has 26 heavy (non-hydrogen) atoms. The summed E-state index contributed by atoms with van der Waals surface area (Å²) in [4.78, 5) is 26.1. The van der Waals surface area contributed by atoms with Crippen LogP contribution in [0.15, 0.2) is 83.7 Å². The SMILES string of the molecule is O=C(COC(c1ccccc1)c1ccccc1)NCc1cccc(=O)[nH]1. The molecule has 0 saturated heterocycles. The van der Waals surface area contributed by atoms with E-state index < -0.39 is 0 Å². The summed E-state index contributed by atoms with van der Waals surface area (Å²) in [5.41, 5.74) is 2.42. The van der Waals surface area contributed by atoms with Crippen LogP contribution in [0, 0.1) is 0 Å². The molecule has 0 spiro atoms. The van der Waals surface area contributed by atoms with E-state index in [0.717, 1.165) is 11.1 Å². The zero-order valence-electron chi connectivity index (χ0n) is 14.2. The minimum absolute atomic E-state index is 0.0779. The molecule has 1 amide bonds. The number of carbonyl (C=O) groups is 1. The summed E-state index contributed by atoms with van der Waals surface area (Å²) in [5, 5.41) is 2.75. The van der Waals surface area contributed by atoms with E-state index in [2.05, 4.69) is 10.3 Å². The number of aromatic nitrogens is 1. The minimum atomic E-state index is -0.320. The van der Waals surface area contributed by atoms with Crippen LogP contribution in [0.4, 0.5) is 0 Å². The van der Waals surface area contributed by atoms with E-state index in [1.54, 1.807) is 12.1 Å². The highest BCUT2D eigenvalue weighted by Crippen LogP contribution is 2.25. The van der Waals surface area contributed by atoms with E-state index in [1.165, 1.54) is 6.07 Å². The maximum Gasteiger partial charge on any atom is 0.248 e. The van der Waals surface area contributed by atoms with Crippen molar-refractivity contribution in [3.63, 3.8) is 0 Å². The largest absolute Gasteiger partial charge is 0.359 e. The lowest BCUT2D eigenvalue weighted by Gasteiger charge is -2.18. The van der Waals surface area contributed by atoms with E-state index in [4.69, 9.17) is 4.74 Å². The summed E-state index contributed by atoms with van der Waals surface area (Å²) in [6, 6.07) is 24.4. The van der Waals surface area contributed by atoms with Crippen LogP contribution in [0.25, 0.3) is 0 Å². The average Bonchev–Trinajstić information content (AvgIpc) is 2.68. The number of carbonyl (C=O) groups excluding carboxylic acids is 1.